The van der Waals surface area contributed by atoms with Gasteiger partial charge < -0.3 is 18.3 Å². The largest absolute Gasteiger partial charge is 0.309 e. The summed E-state index contributed by atoms with van der Waals surface area (Å²) in [5, 5.41) is 9.63. The molecule has 5 aromatic heterocycles. The number of benzene rings is 11. The molecule has 0 N–H and O–H groups in total. The molecule has 402 valence electrons. The number of rotatable bonds is 7. The molecule has 0 aliphatic heterocycles. The summed E-state index contributed by atoms with van der Waals surface area (Å²) in [7, 11) is 0. The van der Waals surface area contributed by atoms with Gasteiger partial charge in [-0.05, 0) is 185 Å². The number of aromatic nitrogens is 7. The first kappa shape index (κ1) is 49.4. The molecule has 0 saturated carbocycles. The quantitative estimate of drug-likeness (QED) is 0.160. The van der Waals surface area contributed by atoms with Gasteiger partial charge in [-0.3, -0.25) is 0 Å². The van der Waals surface area contributed by atoms with Crippen molar-refractivity contribution >= 4 is 87.2 Å². The highest BCUT2D eigenvalue weighted by Crippen LogP contribution is 2.44. The Kier molecular flexibility index (Phi) is 10.9. The minimum Gasteiger partial charge on any atom is -0.309 e. The van der Waals surface area contributed by atoms with Crippen LogP contribution in [0.3, 0.4) is 0 Å². The molecule has 84 heavy (non-hydrogen) atoms. The van der Waals surface area contributed by atoms with E-state index in [-0.39, 0.29) is 0 Å². The van der Waals surface area contributed by atoms with Crippen LogP contribution in [0.25, 0.3) is 144 Å². The summed E-state index contributed by atoms with van der Waals surface area (Å²) in [6.45, 7) is 17.5. The first-order valence-corrected chi connectivity index (χ1v) is 29.1. The number of nitrogens with zero attached hydrogens (tertiary/aromatic N) is 7. The van der Waals surface area contributed by atoms with E-state index < -0.39 is 0 Å². The number of hydrogen-bond acceptors (Lipinski definition) is 3. The van der Waals surface area contributed by atoms with E-state index in [1.807, 2.05) is 6.07 Å². The maximum Gasteiger partial charge on any atom is 0.166 e. The fourth-order valence-corrected chi connectivity index (χ4v) is 13.4. The molecule has 5 heterocycles. The van der Waals surface area contributed by atoms with Crippen molar-refractivity contribution in [1.82, 2.24) is 33.2 Å². The van der Waals surface area contributed by atoms with E-state index in [2.05, 4.69) is 280 Å². The molecule has 7 nitrogen and oxygen atoms in total. The molecule has 0 atom stereocenters. The molecule has 0 fully saturated rings. The van der Waals surface area contributed by atoms with Gasteiger partial charge in [0.15, 0.2) is 17.5 Å². The van der Waals surface area contributed by atoms with Crippen LogP contribution in [0.5, 0.6) is 0 Å². The second kappa shape index (κ2) is 18.6. The molecule has 7 heteroatoms. The molecule has 0 aliphatic carbocycles. The van der Waals surface area contributed by atoms with Crippen LogP contribution in [0.1, 0.15) is 44.5 Å². The van der Waals surface area contributed by atoms with E-state index in [1.165, 1.54) is 87.6 Å². The summed E-state index contributed by atoms with van der Waals surface area (Å²) in [6.07, 6.45) is 0. The average Bonchev–Trinajstić information content (AvgIpc) is 3.15. The summed E-state index contributed by atoms with van der Waals surface area (Å²) in [5.41, 5.74) is 25.4. The third kappa shape index (κ3) is 7.69. The van der Waals surface area contributed by atoms with Gasteiger partial charge in [0.1, 0.15) is 0 Å². The minimum atomic E-state index is 0.571. The lowest BCUT2D eigenvalue weighted by Gasteiger charge is -2.19. The molecule has 0 aliphatic rings. The first-order valence-electron chi connectivity index (χ1n) is 29.1. The van der Waals surface area contributed by atoms with Crippen molar-refractivity contribution in [2.75, 3.05) is 0 Å². The molecule has 0 radical (unpaired) electrons. The maximum absolute atomic E-state index is 5.80. The highest BCUT2D eigenvalue weighted by atomic mass is 15.1. The van der Waals surface area contributed by atoms with E-state index in [1.54, 1.807) is 0 Å². The van der Waals surface area contributed by atoms with E-state index in [0.717, 1.165) is 83.6 Å². The van der Waals surface area contributed by atoms with Crippen molar-refractivity contribution < 1.29 is 0 Å². The molecule has 11 aromatic carbocycles. The Hall–Kier alpha value is -10.4. The first-order chi connectivity index (χ1) is 40.9. The number of hydrogen-bond donors (Lipinski definition) is 0. The maximum atomic E-state index is 5.80. The van der Waals surface area contributed by atoms with Gasteiger partial charge in [0, 0.05) is 71.2 Å². The third-order valence-electron chi connectivity index (χ3n) is 17.4. The van der Waals surface area contributed by atoms with Crippen LogP contribution < -0.4 is 0 Å². The summed E-state index contributed by atoms with van der Waals surface area (Å²) in [4.78, 5) is 17.0. The van der Waals surface area contributed by atoms with Gasteiger partial charge in [-0.15, -0.1) is 0 Å². The molecule has 16 aromatic rings. The van der Waals surface area contributed by atoms with Crippen LogP contribution in [0.2, 0.25) is 0 Å². The van der Waals surface area contributed by atoms with E-state index in [4.69, 9.17) is 15.0 Å². The smallest absolute Gasteiger partial charge is 0.166 e. The summed E-state index contributed by atoms with van der Waals surface area (Å²) >= 11 is 0. The molecule has 0 saturated heterocycles. The predicted molar refractivity (Wildman–Crippen MR) is 351 cm³/mol. The molecular weight excluding hydrogens is 1020 g/mol. The summed E-state index contributed by atoms with van der Waals surface area (Å²) in [5.74, 6) is 1.73. The summed E-state index contributed by atoms with van der Waals surface area (Å²) < 4.78 is 9.80. The van der Waals surface area contributed by atoms with Crippen LogP contribution >= 0.6 is 0 Å². The van der Waals surface area contributed by atoms with Crippen LogP contribution in [-0.2, 0) is 0 Å². The van der Waals surface area contributed by atoms with Crippen molar-refractivity contribution in [2.24, 2.45) is 0 Å². The Morgan fingerprint density at radius 1 is 0.226 bits per heavy atom. The average molecular weight is 1080 g/mol. The topological polar surface area (TPSA) is 58.4 Å². The second-order valence-electron chi connectivity index (χ2n) is 23.6. The van der Waals surface area contributed by atoms with Gasteiger partial charge in [0.25, 0.3) is 0 Å². The SMILES string of the molecule is Cc1ccc2c3ccc(C)cc3n(-c3ccc(-c4nc(-c5ccccc5)nc(-c5ccc(-n6c7cc(C)ccc7c7ccc(C)cc76)cc5-n5c6cc(C)ccc6c6ccc(C)cc65)n4)c(-n4c5cc(C)ccc5c5ccc(C)cc54)c3)c2c1. The lowest BCUT2D eigenvalue weighted by atomic mass is 10.1. The second-order valence-corrected chi connectivity index (χ2v) is 23.6. The van der Waals surface area contributed by atoms with Crippen LogP contribution in [0.15, 0.2) is 212 Å². The minimum absolute atomic E-state index is 0.571. The van der Waals surface area contributed by atoms with E-state index in [9.17, 15) is 0 Å². The lowest BCUT2D eigenvalue weighted by molar-refractivity contribution is 1.05. The summed E-state index contributed by atoms with van der Waals surface area (Å²) in [6, 6.07) is 78.7. The Balaban J connectivity index is 1.03. The highest BCUT2D eigenvalue weighted by molar-refractivity contribution is 6.13. The molecule has 0 bridgehead atoms. The van der Waals surface area contributed by atoms with Gasteiger partial charge in [-0.25, -0.2) is 15.0 Å². The Bertz CT molecular complexity index is 4920. The van der Waals surface area contributed by atoms with Crippen molar-refractivity contribution in [3.05, 3.63) is 257 Å². The van der Waals surface area contributed by atoms with E-state index >= 15 is 0 Å². The van der Waals surface area contributed by atoms with Crippen molar-refractivity contribution in [3.63, 3.8) is 0 Å². The van der Waals surface area contributed by atoms with Gasteiger partial charge >= 0.3 is 0 Å². The van der Waals surface area contributed by atoms with Crippen molar-refractivity contribution in [3.8, 4) is 56.9 Å². The standard InChI is InChI=1S/C77H59N7/c1-44-14-24-55-56-25-15-45(2)35-66(56)81(65(55)34-44)53-22-32-63(73(42-53)83-69-38-48(5)18-28-59(69)60-29-19-49(6)39-70(60)83)76-78-75(52-12-10-9-11-13-52)79-77(80-76)64-33-23-54(82-67-36-46(3)16-26-57(67)58-27-17-47(4)37-68(58)82)43-74(64)84-71-40-50(7)20-30-61(71)62-31-21-51(8)41-72(62)84/h9-43H,1-8H3. The van der Waals surface area contributed by atoms with E-state index in [0.29, 0.717) is 17.5 Å². The van der Waals surface area contributed by atoms with Crippen molar-refractivity contribution in [2.45, 2.75) is 55.4 Å². The Labute approximate surface area is 487 Å². The van der Waals surface area contributed by atoms with Gasteiger partial charge in [-0.1, -0.05) is 127 Å². The fourth-order valence-electron chi connectivity index (χ4n) is 13.4. The molecular formula is C77H59N7. The number of fused-ring (bicyclic) bond motifs is 12. The monoisotopic (exact) mass is 1080 g/mol. The Morgan fingerprint density at radius 3 is 0.750 bits per heavy atom. The van der Waals surface area contributed by atoms with Gasteiger partial charge in [0.2, 0.25) is 0 Å². The van der Waals surface area contributed by atoms with Crippen LogP contribution in [0.4, 0.5) is 0 Å². The van der Waals surface area contributed by atoms with Crippen molar-refractivity contribution in [1.29, 1.82) is 0 Å². The van der Waals surface area contributed by atoms with Gasteiger partial charge in [0.05, 0.1) is 55.5 Å². The molecule has 0 amide bonds. The zero-order valence-electron chi connectivity index (χ0n) is 48.3. The fraction of sp³-hybridized carbons (Fsp3) is 0.104. The zero-order valence-corrected chi connectivity index (χ0v) is 48.3. The molecule has 16 rings (SSSR count). The predicted octanol–water partition coefficient (Wildman–Crippen LogP) is 19.7. The molecule has 0 unspecified atom stereocenters. The van der Waals surface area contributed by atoms with Crippen LogP contribution in [0, 0.1) is 55.4 Å². The number of aryl methyl sites for hydroxylation is 8. The van der Waals surface area contributed by atoms with Gasteiger partial charge in [-0.2, -0.15) is 0 Å². The lowest BCUT2D eigenvalue weighted by Crippen LogP contribution is -2.07. The normalized spacial score (nSPS) is 12.0. The van der Waals surface area contributed by atoms with Crippen LogP contribution in [-0.4, -0.2) is 33.2 Å². The Morgan fingerprint density at radius 2 is 0.476 bits per heavy atom. The third-order valence-corrected chi connectivity index (χ3v) is 17.4. The molecule has 0 spiro atoms. The zero-order chi connectivity index (χ0) is 56.8. The highest BCUT2D eigenvalue weighted by Gasteiger charge is 2.26.